The fraction of sp³-hybridized carbons (Fsp3) is 0.682. The number of carbonyl (C=O) groups is 1. The molecule has 0 spiro atoms. The molecule has 1 heterocycles. The molecule has 0 radical (unpaired) electrons. The minimum absolute atomic E-state index is 0.00315. The topological polar surface area (TPSA) is 61.9 Å². The van der Waals surface area contributed by atoms with Crippen LogP contribution in [-0.4, -0.2) is 36.4 Å². The van der Waals surface area contributed by atoms with Crippen molar-refractivity contribution in [2.45, 2.75) is 83.3 Å². The molecule has 0 saturated carbocycles. The maximum absolute atomic E-state index is 11.4. The molecule has 4 nitrogen and oxygen atoms in total. The smallest absolute Gasteiger partial charge is 0.220 e. The first kappa shape index (κ1) is 22.7. The van der Waals surface area contributed by atoms with Crippen molar-refractivity contribution >= 4 is 5.91 Å². The highest BCUT2D eigenvalue weighted by Gasteiger charge is 2.36. The summed E-state index contributed by atoms with van der Waals surface area (Å²) >= 11 is 0. The fourth-order valence-electron chi connectivity index (χ4n) is 2.79. The Kier molecular flexibility index (Phi) is 13.8. The van der Waals surface area contributed by atoms with E-state index in [1.165, 1.54) is 25.7 Å². The second kappa shape index (κ2) is 15.8. The molecule has 0 aromatic carbocycles. The van der Waals surface area contributed by atoms with Gasteiger partial charge in [-0.15, -0.1) is 0 Å². The molecule has 1 amide bonds. The molecule has 2 N–H and O–H groups in total. The van der Waals surface area contributed by atoms with Crippen molar-refractivity contribution in [2.24, 2.45) is 0 Å². The van der Waals surface area contributed by atoms with Crippen molar-refractivity contribution in [2.75, 3.05) is 13.2 Å². The molecule has 1 aliphatic heterocycles. The first-order valence-electron chi connectivity index (χ1n) is 10.3. The standard InChI is InChI=1S/C22H37NO3/c1-2-3-4-5-6-7-8-9-10-11-12-13-15-20-21(26-20)16-14-17-22(25)23-18-19-24/h6-7,9-10,12-13,20-21,24H,2-5,8,11,14-19H2,1H3,(H,23,25)/b7-6-,10-9-,13-12-/t20-,21+/m1/s1. The third kappa shape index (κ3) is 12.9. The lowest BCUT2D eigenvalue weighted by Gasteiger charge is -2.01. The molecular formula is C22H37NO3. The summed E-state index contributed by atoms with van der Waals surface area (Å²) in [7, 11) is 0. The quantitative estimate of drug-likeness (QED) is 0.242. The lowest BCUT2D eigenvalue weighted by atomic mass is 10.1. The first-order chi connectivity index (χ1) is 12.8. The van der Waals surface area contributed by atoms with Crippen LogP contribution in [0.1, 0.15) is 71.1 Å². The molecule has 1 aliphatic rings. The molecule has 0 aromatic rings. The summed E-state index contributed by atoms with van der Waals surface area (Å²) in [6, 6.07) is 0. The predicted molar refractivity (Wildman–Crippen MR) is 108 cm³/mol. The SMILES string of the molecule is CCCCC/C=C\C/C=C\C/C=C\C[C@H]1O[C@H]1CCCC(=O)NCCO. The average Bonchev–Trinajstić information content (AvgIpc) is 3.39. The Morgan fingerprint density at radius 2 is 1.73 bits per heavy atom. The van der Waals surface area contributed by atoms with Crippen molar-refractivity contribution in [3.8, 4) is 0 Å². The monoisotopic (exact) mass is 363 g/mol. The van der Waals surface area contributed by atoms with Gasteiger partial charge in [0.1, 0.15) is 0 Å². The van der Waals surface area contributed by atoms with Crippen molar-refractivity contribution in [3.63, 3.8) is 0 Å². The van der Waals surface area contributed by atoms with Gasteiger partial charge in [-0.25, -0.2) is 0 Å². The zero-order valence-corrected chi connectivity index (χ0v) is 16.4. The zero-order valence-electron chi connectivity index (χ0n) is 16.4. The first-order valence-corrected chi connectivity index (χ1v) is 10.3. The molecule has 0 unspecified atom stereocenters. The summed E-state index contributed by atoms with van der Waals surface area (Å²) < 4.78 is 5.63. The maximum Gasteiger partial charge on any atom is 0.220 e. The fourth-order valence-corrected chi connectivity index (χ4v) is 2.79. The molecule has 0 aromatic heterocycles. The zero-order chi connectivity index (χ0) is 18.9. The van der Waals surface area contributed by atoms with E-state index in [4.69, 9.17) is 9.84 Å². The summed E-state index contributed by atoms with van der Waals surface area (Å²) in [5.74, 6) is 0.0127. The van der Waals surface area contributed by atoms with Crippen molar-refractivity contribution in [3.05, 3.63) is 36.5 Å². The summed E-state index contributed by atoms with van der Waals surface area (Å²) in [6.07, 6.45) is 24.4. The number of hydrogen-bond acceptors (Lipinski definition) is 3. The van der Waals surface area contributed by atoms with Gasteiger partial charge in [0.2, 0.25) is 5.91 Å². The van der Waals surface area contributed by atoms with E-state index in [1.54, 1.807) is 0 Å². The lowest BCUT2D eigenvalue weighted by Crippen LogP contribution is -2.26. The number of epoxide rings is 1. The number of nitrogens with one attached hydrogen (secondary N) is 1. The Morgan fingerprint density at radius 1 is 1.00 bits per heavy atom. The van der Waals surface area contributed by atoms with Crippen LogP contribution in [0.25, 0.3) is 0 Å². The van der Waals surface area contributed by atoms with E-state index in [0.717, 1.165) is 32.1 Å². The average molecular weight is 364 g/mol. The highest BCUT2D eigenvalue weighted by molar-refractivity contribution is 5.75. The summed E-state index contributed by atoms with van der Waals surface area (Å²) in [6.45, 7) is 2.57. The van der Waals surface area contributed by atoms with Crippen LogP contribution in [0.15, 0.2) is 36.5 Å². The number of allylic oxidation sites excluding steroid dienone is 5. The van der Waals surface area contributed by atoms with E-state index in [-0.39, 0.29) is 12.5 Å². The van der Waals surface area contributed by atoms with Crippen LogP contribution in [0.4, 0.5) is 0 Å². The molecule has 1 fully saturated rings. The van der Waals surface area contributed by atoms with E-state index >= 15 is 0 Å². The largest absolute Gasteiger partial charge is 0.395 e. The Morgan fingerprint density at radius 3 is 2.46 bits per heavy atom. The van der Waals surface area contributed by atoms with Gasteiger partial charge >= 0.3 is 0 Å². The number of amides is 1. The third-order valence-electron chi connectivity index (χ3n) is 4.40. The van der Waals surface area contributed by atoms with Gasteiger partial charge < -0.3 is 15.2 Å². The van der Waals surface area contributed by atoms with Gasteiger partial charge in [-0.05, 0) is 44.9 Å². The Hall–Kier alpha value is -1.39. The molecule has 1 saturated heterocycles. The van der Waals surface area contributed by atoms with Crippen LogP contribution < -0.4 is 5.32 Å². The molecule has 4 heteroatoms. The van der Waals surface area contributed by atoms with Crippen LogP contribution in [0.5, 0.6) is 0 Å². The van der Waals surface area contributed by atoms with Crippen LogP contribution in [-0.2, 0) is 9.53 Å². The number of unbranched alkanes of at least 4 members (excludes halogenated alkanes) is 3. The lowest BCUT2D eigenvalue weighted by molar-refractivity contribution is -0.121. The van der Waals surface area contributed by atoms with Crippen LogP contribution >= 0.6 is 0 Å². The van der Waals surface area contributed by atoms with Crippen molar-refractivity contribution in [1.29, 1.82) is 0 Å². The van der Waals surface area contributed by atoms with Crippen LogP contribution in [0.2, 0.25) is 0 Å². The van der Waals surface area contributed by atoms with Gasteiger partial charge in [0.15, 0.2) is 0 Å². The summed E-state index contributed by atoms with van der Waals surface area (Å²) in [4.78, 5) is 11.4. The van der Waals surface area contributed by atoms with E-state index in [9.17, 15) is 4.79 Å². The number of aliphatic hydroxyl groups excluding tert-OH is 1. The molecule has 2 atom stereocenters. The minimum atomic E-state index is -0.00315. The van der Waals surface area contributed by atoms with Gasteiger partial charge in [-0.1, -0.05) is 56.2 Å². The number of aliphatic hydroxyl groups is 1. The van der Waals surface area contributed by atoms with E-state index in [0.29, 0.717) is 25.2 Å². The second-order valence-electron chi connectivity index (χ2n) is 6.80. The van der Waals surface area contributed by atoms with Gasteiger partial charge in [0, 0.05) is 13.0 Å². The molecular weight excluding hydrogens is 326 g/mol. The maximum atomic E-state index is 11.4. The normalized spacial score (nSPS) is 19.8. The Labute approximate surface area is 159 Å². The highest BCUT2D eigenvalue weighted by Crippen LogP contribution is 2.30. The van der Waals surface area contributed by atoms with Gasteiger partial charge in [0.05, 0.1) is 18.8 Å². The van der Waals surface area contributed by atoms with Gasteiger partial charge in [0.25, 0.3) is 0 Å². The highest BCUT2D eigenvalue weighted by atomic mass is 16.6. The summed E-state index contributed by atoms with van der Waals surface area (Å²) in [5.41, 5.74) is 0. The number of ether oxygens (including phenoxy) is 1. The third-order valence-corrected chi connectivity index (χ3v) is 4.40. The van der Waals surface area contributed by atoms with Crippen LogP contribution in [0.3, 0.4) is 0 Å². The molecule has 0 bridgehead atoms. The molecule has 26 heavy (non-hydrogen) atoms. The second-order valence-corrected chi connectivity index (χ2v) is 6.80. The predicted octanol–water partition coefficient (Wildman–Crippen LogP) is 4.45. The van der Waals surface area contributed by atoms with Crippen molar-refractivity contribution in [1.82, 2.24) is 5.32 Å². The molecule has 148 valence electrons. The summed E-state index contributed by atoms with van der Waals surface area (Å²) in [5, 5.41) is 11.3. The van der Waals surface area contributed by atoms with E-state index in [1.807, 2.05) is 0 Å². The van der Waals surface area contributed by atoms with Gasteiger partial charge in [-0.2, -0.15) is 0 Å². The van der Waals surface area contributed by atoms with E-state index < -0.39 is 0 Å². The van der Waals surface area contributed by atoms with Gasteiger partial charge in [-0.3, -0.25) is 4.79 Å². The Balaban J connectivity index is 1.92. The minimum Gasteiger partial charge on any atom is -0.395 e. The van der Waals surface area contributed by atoms with E-state index in [2.05, 4.69) is 48.7 Å². The molecule has 1 rings (SSSR count). The molecule has 0 aliphatic carbocycles. The number of hydrogen-bond donors (Lipinski definition) is 2. The van der Waals surface area contributed by atoms with Crippen molar-refractivity contribution < 1.29 is 14.6 Å². The number of rotatable bonds is 16. The Bertz CT molecular complexity index is 443. The van der Waals surface area contributed by atoms with Crippen LogP contribution in [0, 0.1) is 0 Å². The number of carbonyl (C=O) groups excluding carboxylic acids is 1.